The van der Waals surface area contributed by atoms with E-state index in [0.717, 1.165) is 11.1 Å². The number of carbonyl (C=O) groups is 2. The van der Waals surface area contributed by atoms with E-state index in [9.17, 15) is 14.7 Å². The second-order valence-electron chi connectivity index (χ2n) is 9.73. The fourth-order valence-corrected chi connectivity index (χ4v) is 5.14. The van der Waals surface area contributed by atoms with Crippen LogP contribution in [0.5, 0.6) is 23.0 Å². The summed E-state index contributed by atoms with van der Waals surface area (Å²) in [5.74, 6) is -0.788. The predicted molar refractivity (Wildman–Crippen MR) is 153 cm³/mol. The zero-order valence-electron chi connectivity index (χ0n) is 23.1. The molecule has 4 aromatic rings. The molecule has 8 nitrogen and oxygen atoms in total. The highest BCUT2D eigenvalue weighted by molar-refractivity contribution is 6.01. The lowest BCUT2D eigenvalue weighted by molar-refractivity contribution is -0.140. The molecular weight excluding hydrogens is 522 g/mol. The Kier molecular flexibility index (Phi) is 8.10. The summed E-state index contributed by atoms with van der Waals surface area (Å²) in [5.41, 5.74) is 3.19. The quantitative estimate of drug-likeness (QED) is 0.263. The number of hydrogen-bond acceptors (Lipinski definition) is 6. The third kappa shape index (κ3) is 5.68. The van der Waals surface area contributed by atoms with Crippen molar-refractivity contribution in [1.82, 2.24) is 4.90 Å². The van der Waals surface area contributed by atoms with Gasteiger partial charge in [0.25, 0.3) is 5.91 Å². The molecule has 0 spiro atoms. The van der Waals surface area contributed by atoms with Crippen LogP contribution in [-0.4, -0.2) is 43.2 Å². The highest BCUT2D eigenvalue weighted by atomic mass is 16.5. The Labute approximate surface area is 238 Å². The molecule has 1 N–H and O–H groups in total. The Bertz CT molecular complexity index is 1540. The van der Waals surface area contributed by atoms with Crippen LogP contribution < -0.4 is 18.9 Å². The van der Waals surface area contributed by atoms with Gasteiger partial charge in [0.2, 0.25) is 0 Å². The molecule has 0 saturated carbocycles. The summed E-state index contributed by atoms with van der Waals surface area (Å²) in [7, 11) is 4.54. The normalized spacial score (nSPS) is 16.1. The first-order valence-corrected chi connectivity index (χ1v) is 13.1. The van der Waals surface area contributed by atoms with Gasteiger partial charge in [0, 0.05) is 12.6 Å². The van der Waals surface area contributed by atoms with Gasteiger partial charge in [0.15, 0.2) is 23.0 Å². The average Bonchev–Trinajstić information content (AvgIpc) is 3.01. The van der Waals surface area contributed by atoms with Gasteiger partial charge in [-0.1, -0.05) is 66.7 Å². The molecule has 0 aromatic heterocycles. The summed E-state index contributed by atoms with van der Waals surface area (Å²) in [5, 5.41) is 10.4. The number of methoxy groups -OCH3 is 2. The third-order valence-electron chi connectivity index (χ3n) is 7.22. The number of likely N-dealkylation sites (N-methyl/N-ethyl adjacent to an activating group) is 1. The van der Waals surface area contributed by atoms with Gasteiger partial charge in [-0.15, -0.1) is 0 Å². The minimum absolute atomic E-state index is 0.261. The number of carbonyl (C=O) groups excluding carboxylic acids is 1. The molecule has 2 atom stereocenters. The molecule has 5 rings (SSSR count). The monoisotopic (exact) mass is 553 g/mol. The predicted octanol–water partition coefficient (Wildman–Crippen LogP) is 5.86. The second kappa shape index (κ2) is 12.0. The van der Waals surface area contributed by atoms with Gasteiger partial charge in [0.05, 0.1) is 20.3 Å². The van der Waals surface area contributed by atoms with E-state index in [1.807, 2.05) is 60.7 Å². The Morgan fingerprint density at radius 3 is 1.88 bits per heavy atom. The van der Waals surface area contributed by atoms with Gasteiger partial charge in [-0.2, -0.15) is 0 Å². The number of aliphatic carboxylic acids is 1. The van der Waals surface area contributed by atoms with Crippen LogP contribution in [-0.2, 0) is 18.0 Å². The number of rotatable bonds is 10. The van der Waals surface area contributed by atoms with E-state index >= 15 is 0 Å². The number of benzene rings is 4. The van der Waals surface area contributed by atoms with E-state index in [4.69, 9.17) is 18.9 Å². The van der Waals surface area contributed by atoms with Crippen LogP contribution >= 0.6 is 0 Å². The maximum atomic E-state index is 13.5. The average molecular weight is 554 g/mol. The van der Waals surface area contributed by atoms with Gasteiger partial charge in [0.1, 0.15) is 19.1 Å². The lowest BCUT2D eigenvalue weighted by atomic mass is 9.79. The standard InChI is InChI=1S/C33H31NO7/c1-34-31(30(33(36)37)24-17-27(38-2)28(39-3)18-25(24)32(34)35)23-14-15-26(40-19-21-10-6-4-7-11-21)29(16-23)41-20-22-12-8-5-9-13-22/h4-18,30-31H,19-20H2,1-3H3,(H,36,37). The van der Waals surface area contributed by atoms with E-state index in [-0.39, 0.29) is 18.1 Å². The molecule has 8 heteroatoms. The van der Waals surface area contributed by atoms with Crippen molar-refractivity contribution in [1.29, 1.82) is 0 Å². The largest absolute Gasteiger partial charge is 0.493 e. The molecule has 0 aliphatic carbocycles. The molecule has 0 saturated heterocycles. The second-order valence-corrected chi connectivity index (χ2v) is 9.73. The summed E-state index contributed by atoms with van der Waals surface area (Å²) in [4.78, 5) is 27.8. The van der Waals surface area contributed by atoms with Crippen LogP contribution in [0.2, 0.25) is 0 Å². The number of nitrogens with zero attached hydrogens (tertiary/aromatic N) is 1. The highest BCUT2D eigenvalue weighted by Crippen LogP contribution is 2.47. The molecular formula is C33H31NO7. The van der Waals surface area contributed by atoms with E-state index in [2.05, 4.69) is 0 Å². The van der Waals surface area contributed by atoms with Crippen molar-refractivity contribution in [2.45, 2.75) is 25.2 Å². The van der Waals surface area contributed by atoms with Crippen molar-refractivity contribution >= 4 is 11.9 Å². The first-order valence-electron chi connectivity index (χ1n) is 13.1. The van der Waals surface area contributed by atoms with Gasteiger partial charge in [-0.3, -0.25) is 9.59 Å². The van der Waals surface area contributed by atoms with E-state index in [0.29, 0.717) is 40.7 Å². The van der Waals surface area contributed by atoms with Crippen LogP contribution in [0.4, 0.5) is 0 Å². The summed E-state index contributed by atoms with van der Waals surface area (Å²) in [6.07, 6.45) is 0. The summed E-state index contributed by atoms with van der Waals surface area (Å²) >= 11 is 0. The fourth-order valence-electron chi connectivity index (χ4n) is 5.14. The van der Waals surface area contributed by atoms with E-state index in [1.165, 1.54) is 25.2 Å². The minimum atomic E-state index is -1.07. The zero-order chi connectivity index (χ0) is 28.9. The number of amides is 1. The van der Waals surface area contributed by atoms with Crippen LogP contribution in [0.1, 0.15) is 44.6 Å². The maximum absolute atomic E-state index is 13.5. The van der Waals surface area contributed by atoms with Gasteiger partial charge in [-0.05, 0) is 46.5 Å². The molecule has 2 unspecified atom stereocenters. The van der Waals surface area contributed by atoms with Crippen molar-refractivity contribution < 1.29 is 33.6 Å². The lowest BCUT2D eigenvalue weighted by Crippen LogP contribution is -2.42. The SMILES string of the molecule is COc1cc2c(cc1OC)C(C(=O)O)C(c1ccc(OCc3ccccc3)c(OCc3ccccc3)c1)N(C)C2=O. The highest BCUT2D eigenvalue weighted by Gasteiger charge is 2.44. The minimum Gasteiger partial charge on any atom is -0.493 e. The topological polar surface area (TPSA) is 94.5 Å². The molecule has 1 heterocycles. The Morgan fingerprint density at radius 2 is 1.32 bits per heavy atom. The molecule has 1 amide bonds. The Hall–Kier alpha value is -4.98. The van der Waals surface area contributed by atoms with Crippen molar-refractivity contribution in [3.63, 3.8) is 0 Å². The maximum Gasteiger partial charge on any atom is 0.313 e. The summed E-state index contributed by atoms with van der Waals surface area (Å²) < 4.78 is 23.2. The van der Waals surface area contributed by atoms with Crippen LogP contribution in [0.3, 0.4) is 0 Å². The lowest BCUT2D eigenvalue weighted by Gasteiger charge is -2.39. The van der Waals surface area contributed by atoms with Crippen molar-refractivity contribution in [2.75, 3.05) is 21.3 Å². The Morgan fingerprint density at radius 1 is 0.756 bits per heavy atom. The first-order chi connectivity index (χ1) is 19.9. The van der Waals surface area contributed by atoms with Crippen LogP contribution in [0.25, 0.3) is 0 Å². The van der Waals surface area contributed by atoms with Gasteiger partial charge < -0.3 is 29.0 Å². The van der Waals surface area contributed by atoms with Gasteiger partial charge in [-0.25, -0.2) is 0 Å². The van der Waals surface area contributed by atoms with E-state index < -0.39 is 17.9 Å². The van der Waals surface area contributed by atoms with E-state index in [1.54, 1.807) is 31.3 Å². The smallest absolute Gasteiger partial charge is 0.313 e. The molecule has 4 aromatic carbocycles. The molecule has 1 aliphatic rings. The van der Waals surface area contributed by atoms with Crippen LogP contribution in [0.15, 0.2) is 91.0 Å². The summed E-state index contributed by atoms with van der Waals surface area (Å²) in [6.45, 7) is 0.615. The molecule has 1 aliphatic heterocycles. The third-order valence-corrected chi connectivity index (χ3v) is 7.22. The zero-order valence-corrected chi connectivity index (χ0v) is 23.1. The van der Waals surface area contributed by atoms with Gasteiger partial charge >= 0.3 is 5.97 Å². The number of carboxylic acid groups (broad SMARTS) is 1. The number of ether oxygens (including phenoxy) is 4. The number of carboxylic acids is 1. The molecule has 0 bridgehead atoms. The first kappa shape index (κ1) is 27.6. The molecule has 210 valence electrons. The van der Waals surface area contributed by atoms with Crippen molar-refractivity contribution in [3.8, 4) is 23.0 Å². The fraction of sp³-hybridized carbons (Fsp3) is 0.212. The number of hydrogen-bond donors (Lipinski definition) is 1. The molecule has 0 radical (unpaired) electrons. The Balaban J connectivity index is 1.55. The van der Waals surface area contributed by atoms with Crippen molar-refractivity contribution in [2.24, 2.45) is 0 Å². The van der Waals surface area contributed by atoms with Crippen LogP contribution in [0, 0.1) is 0 Å². The summed E-state index contributed by atoms with van der Waals surface area (Å²) in [6, 6.07) is 27.1. The molecule has 0 fully saturated rings. The number of fused-ring (bicyclic) bond motifs is 1. The molecule has 41 heavy (non-hydrogen) atoms. The van der Waals surface area contributed by atoms with Crippen molar-refractivity contribution in [3.05, 3.63) is 119 Å².